The fourth-order valence-corrected chi connectivity index (χ4v) is 4.10. The monoisotopic (exact) mass is 450 g/mol. The molecule has 4 rings (SSSR count). The van der Waals surface area contributed by atoms with E-state index < -0.39 is 33.9 Å². The number of hydrogen-bond donors (Lipinski definition) is 1. The van der Waals surface area contributed by atoms with Gasteiger partial charge in [-0.2, -0.15) is 0 Å². The van der Waals surface area contributed by atoms with Crippen LogP contribution in [0.5, 0.6) is 0 Å². The van der Waals surface area contributed by atoms with E-state index in [-0.39, 0.29) is 5.82 Å². The summed E-state index contributed by atoms with van der Waals surface area (Å²) in [5, 5.41) is 12.1. The van der Waals surface area contributed by atoms with Crippen molar-refractivity contribution >= 4 is 96.7 Å². The van der Waals surface area contributed by atoms with Gasteiger partial charge in [-0.05, 0) is 52.7 Å². The van der Waals surface area contributed by atoms with Gasteiger partial charge >= 0.3 is 0 Å². The molecule has 0 spiro atoms. The molecule has 3 aromatic rings. The standard InChI is InChI=1S/C17H10B8N6O2S/c1-7-27-30-13(34-7)8-2-3-10-9(4-8)5-11(29-28-10)26-12(32)6-31-14(18,19)16(22,23)33-17(24,25)15(31,20)21/h2-5H,6H2,1H3,(H,26,29,32). The van der Waals surface area contributed by atoms with Gasteiger partial charge in [0.1, 0.15) is 10.0 Å². The fourth-order valence-electron chi connectivity index (χ4n) is 3.41. The lowest BCUT2D eigenvalue weighted by atomic mass is 9.30. The first kappa shape index (κ1) is 25.1. The molecule has 150 valence electrons. The van der Waals surface area contributed by atoms with E-state index in [2.05, 4.69) is 25.7 Å². The molecule has 2 aromatic heterocycles. The van der Waals surface area contributed by atoms with Crippen LogP contribution in [0.3, 0.4) is 0 Å². The summed E-state index contributed by atoms with van der Waals surface area (Å²) in [4.78, 5) is 13.7. The molecule has 0 bridgehead atoms. The summed E-state index contributed by atoms with van der Waals surface area (Å²) in [6.45, 7) is 1.25. The van der Waals surface area contributed by atoms with Gasteiger partial charge in [0, 0.05) is 10.9 Å². The Hall–Kier alpha value is -1.97. The summed E-state index contributed by atoms with van der Waals surface area (Å²) in [7, 11) is 47.4. The molecule has 0 atom stereocenters. The van der Waals surface area contributed by atoms with Crippen LogP contribution in [-0.2, 0) is 9.53 Å². The zero-order valence-electron chi connectivity index (χ0n) is 18.1. The molecule has 1 aliphatic rings. The van der Waals surface area contributed by atoms with Crippen molar-refractivity contribution in [2.24, 2.45) is 0 Å². The van der Waals surface area contributed by atoms with Crippen molar-refractivity contribution in [1.29, 1.82) is 0 Å². The molecule has 16 radical (unpaired) electrons. The minimum absolute atomic E-state index is 0.133. The van der Waals surface area contributed by atoms with Crippen LogP contribution in [-0.4, -0.2) is 122 Å². The molecule has 17 heteroatoms. The average Bonchev–Trinajstić information content (AvgIpc) is 3.16. The third-order valence-electron chi connectivity index (χ3n) is 5.41. The summed E-state index contributed by atoms with van der Waals surface area (Å²) in [6, 6.07) is 7.12. The molecule has 1 aromatic carbocycles. The van der Waals surface area contributed by atoms with E-state index >= 15 is 0 Å². The molecule has 0 unspecified atom stereocenters. The summed E-state index contributed by atoms with van der Waals surface area (Å²) in [6.07, 6.45) is 0. The summed E-state index contributed by atoms with van der Waals surface area (Å²) in [5.41, 5.74) is 1.45. The molecule has 0 saturated carbocycles. The van der Waals surface area contributed by atoms with E-state index in [1.165, 1.54) is 11.3 Å². The summed E-state index contributed by atoms with van der Waals surface area (Å²) >= 11 is 1.45. The van der Waals surface area contributed by atoms with Gasteiger partial charge in [-0.1, -0.05) is 11.3 Å². The Morgan fingerprint density at radius 3 is 2.21 bits per heavy atom. The van der Waals surface area contributed by atoms with Crippen LogP contribution in [0.25, 0.3) is 21.5 Å². The zero-order valence-corrected chi connectivity index (χ0v) is 18.9. The maximum atomic E-state index is 12.8. The quantitative estimate of drug-likeness (QED) is 0.448. The number of rotatable bonds is 4. The molecule has 0 aliphatic carbocycles. The minimum Gasteiger partial charge on any atom is -0.406 e. The van der Waals surface area contributed by atoms with E-state index in [1.54, 1.807) is 12.1 Å². The highest BCUT2D eigenvalue weighted by molar-refractivity contribution is 7.14. The van der Waals surface area contributed by atoms with Gasteiger partial charge in [0.05, 0.1) is 74.8 Å². The molecule has 1 N–H and O–H groups in total. The number of carbonyl (C=O) groups is 1. The van der Waals surface area contributed by atoms with Crippen molar-refractivity contribution in [1.82, 2.24) is 25.3 Å². The number of anilines is 1. The van der Waals surface area contributed by atoms with Gasteiger partial charge in [0.25, 0.3) is 0 Å². The van der Waals surface area contributed by atoms with Gasteiger partial charge in [0.15, 0.2) is 5.82 Å². The Bertz CT molecular complexity index is 1240. The van der Waals surface area contributed by atoms with Gasteiger partial charge in [-0.15, -0.1) is 20.4 Å². The lowest BCUT2D eigenvalue weighted by Gasteiger charge is -2.69. The maximum Gasteiger partial charge on any atom is 0.239 e. The average molecular weight is 449 g/mol. The number of aryl methyl sites for hydroxylation is 1. The lowest BCUT2D eigenvalue weighted by molar-refractivity contribution is -0.131. The SMILES string of the molecule is [B]C1([B])OC([B])([B])C([B])([B])N(CC(=O)Nc2cc3cc(-c4nnc(C)s4)ccc3nn2)C1([B])[B]. The smallest absolute Gasteiger partial charge is 0.239 e. The Morgan fingerprint density at radius 1 is 0.971 bits per heavy atom. The number of aromatic nitrogens is 4. The minimum atomic E-state index is -2.30. The number of morpholine rings is 1. The summed E-state index contributed by atoms with van der Waals surface area (Å²) in [5.74, 6) is -0.548. The van der Waals surface area contributed by atoms with Crippen LogP contribution in [0, 0.1) is 6.92 Å². The van der Waals surface area contributed by atoms with E-state index in [0.717, 1.165) is 20.5 Å². The number of ether oxygens (including phenoxy) is 1. The fraction of sp³-hybridized carbons (Fsp3) is 0.353. The normalized spacial score (nSPS) is 20.6. The van der Waals surface area contributed by atoms with Crippen LogP contribution in [0.15, 0.2) is 24.3 Å². The Morgan fingerprint density at radius 2 is 1.62 bits per heavy atom. The van der Waals surface area contributed by atoms with Crippen molar-refractivity contribution in [2.45, 2.75) is 28.4 Å². The van der Waals surface area contributed by atoms with Gasteiger partial charge in [0.2, 0.25) is 5.91 Å². The van der Waals surface area contributed by atoms with Crippen LogP contribution < -0.4 is 5.32 Å². The first-order chi connectivity index (χ1) is 15.6. The van der Waals surface area contributed by atoms with Crippen molar-refractivity contribution in [2.75, 3.05) is 11.9 Å². The van der Waals surface area contributed by atoms with Crippen LogP contribution in [0.2, 0.25) is 0 Å². The molecule has 34 heavy (non-hydrogen) atoms. The number of nitrogens with zero attached hydrogens (tertiary/aromatic N) is 5. The second kappa shape index (κ2) is 8.31. The number of amides is 1. The number of nitrogens with one attached hydrogen (secondary N) is 1. The predicted octanol–water partition coefficient (Wildman–Crippen LogP) is -2.31. The lowest BCUT2D eigenvalue weighted by Crippen LogP contribution is -2.86. The Labute approximate surface area is 211 Å². The molecule has 1 fully saturated rings. The first-order valence-corrected chi connectivity index (χ1v) is 10.6. The molecule has 1 aliphatic heterocycles. The van der Waals surface area contributed by atoms with Crippen molar-refractivity contribution < 1.29 is 9.53 Å². The predicted molar refractivity (Wildman–Crippen MR) is 137 cm³/mol. The highest BCUT2D eigenvalue weighted by atomic mass is 32.1. The second-order valence-electron chi connectivity index (χ2n) is 8.10. The van der Waals surface area contributed by atoms with E-state index in [9.17, 15) is 4.79 Å². The molecule has 1 amide bonds. The highest BCUT2D eigenvalue weighted by Gasteiger charge is 2.57. The van der Waals surface area contributed by atoms with Gasteiger partial charge in [-0.3, -0.25) is 4.79 Å². The molecule has 3 heterocycles. The maximum absolute atomic E-state index is 12.8. The van der Waals surface area contributed by atoms with Crippen LogP contribution >= 0.6 is 11.3 Å². The number of hydrogen-bond acceptors (Lipinski definition) is 8. The molecule has 1 saturated heterocycles. The van der Waals surface area contributed by atoms with Crippen molar-refractivity contribution in [3.05, 3.63) is 29.3 Å². The molecular formula is C17H10B8N6O2S. The molecular weight excluding hydrogens is 439 g/mol. The topological polar surface area (TPSA) is 93.1 Å². The van der Waals surface area contributed by atoms with Crippen molar-refractivity contribution in [3.63, 3.8) is 0 Å². The Kier molecular flexibility index (Phi) is 6.14. The van der Waals surface area contributed by atoms with Crippen molar-refractivity contribution in [3.8, 4) is 10.6 Å². The highest BCUT2D eigenvalue weighted by Crippen LogP contribution is 2.39. The molecule has 8 nitrogen and oxygen atoms in total. The summed E-state index contributed by atoms with van der Waals surface area (Å²) < 4.78 is 5.13. The zero-order chi connectivity index (χ0) is 25.1. The third kappa shape index (κ3) is 4.26. The second-order valence-corrected chi connectivity index (χ2v) is 9.28. The number of fused-ring (bicyclic) bond motifs is 1. The van der Waals surface area contributed by atoms with Crippen LogP contribution in [0.4, 0.5) is 5.82 Å². The van der Waals surface area contributed by atoms with E-state index in [0.29, 0.717) is 10.9 Å². The Balaban J connectivity index is 1.58. The van der Waals surface area contributed by atoms with Gasteiger partial charge < -0.3 is 15.0 Å². The number of benzene rings is 1. The first-order valence-electron chi connectivity index (χ1n) is 9.81. The van der Waals surface area contributed by atoms with E-state index in [4.69, 9.17) is 67.5 Å². The van der Waals surface area contributed by atoms with E-state index in [1.807, 2.05) is 19.1 Å². The van der Waals surface area contributed by atoms with Crippen LogP contribution in [0.1, 0.15) is 5.01 Å². The number of carbonyl (C=O) groups excluding carboxylic acids is 1. The largest absolute Gasteiger partial charge is 0.406 e. The third-order valence-corrected chi connectivity index (χ3v) is 6.30. The van der Waals surface area contributed by atoms with Gasteiger partial charge in [-0.25, -0.2) is 0 Å².